The van der Waals surface area contributed by atoms with Crippen LogP contribution in [0.15, 0.2) is 36.0 Å². The minimum Gasteiger partial charge on any atom is -0.497 e. The van der Waals surface area contributed by atoms with Crippen molar-refractivity contribution in [2.75, 3.05) is 25.6 Å². The first-order valence-corrected chi connectivity index (χ1v) is 7.47. The SMILES string of the molecule is COc1ccc(NC(=O)/C(C#N)=C\NCCCOC(C)C)cc1. The summed E-state index contributed by atoms with van der Waals surface area (Å²) in [5.74, 6) is 0.243. The summed E-state index contributed by atoms with van der Waals surface area (Å²) >= 11 is 0. The maximum Gasteiger partial charge on any atom is 0.267 e. The number of rotatable bonds is 9. The summed E-state index contributed by atoms with van der Waals surface area (Å²) in [6, 6.07) is 8.77. The summed E-state index contributed by atoms with van der Waals surface area (Å²) in [6.45, 7) is 5.22. The highest BCUT2D eigenvalue weighted by Crippen LogP contribution is 2.15. The average molecular weight is 317 g/mol. The van der Waals surface area contributed by atoms with Crippen LogP contribution in [0.1, 0.15) is 20.3 Å². The third-order valence-electron chi connectivity index (χ3n) is 2.88. The molecule has 2 N–H and O–H groups in total. The first kappa shape index (κ1) is 18.5. The number of nitrogens with one attached hydrogen (secondary N) is 2. The molecular formula is C17H23N3O3. The molecule has 0 spiro atoms. The Morgan fingerprint density at radius 2 is 2.04 bits per heavy atom. The van der Waals surface area contributed by atoms with Crippen LogP contribution in [-0.4, -0.2) is 32.3 Å². The number of anilines is 1. The Hall–Kier alpha value is -2.52. The van der Waals surface area contributed by atoms with Gasteiger partial charge in [0, 0.05) is 25.0 Å². The first-order valence-electron chi connectivity index (χ1n) is 7.47. The van der Waals surface area contributed by atoms with Gasteiger partial charge < -0.3 is 20.1 Å². The van der Waals surface area contributed by atoms with E-state index >= 15 is 0 Å². The summed E-state index contributed by atoms with van der Waals surface area (Å²) < 4.78 is 10.5. The van der Waals surface area contributed by atoms with Gasteiger partial charge >= 0.3 is 0 Å². The van der Waals surface area contributed by atoms with Crippen LogP contribution in [0.25, 0.3) is 0 Å². The minimum absolute atomic E-state index is 0.0191. The van der Waals surface area contributed by atoms with Crippen molar-refractivity contribution in [3.05, 3.63) is 36.0 Å². The number of nitrogens with zero attached hydrogens (tertiary/aromatic N) is 1. The zero-order chi connectivity index (χ0) is 17.1. The van der Waals surface area contributed by atoms with E-state index in [1.807, 2.05) is 19.9 Å². The topological polar surface area (TPSA) is 83.4 Å². The summed E-state index contributed by atoms with van der Waals surface area (Å²) in [4.78, 5) is 12.0. The number of methoxy groups -OCH3 is 1. The molecule has 0 aromatic heterocycles. The van der Waals surface area contributed by atoms with Crippen molar-refractivity contribution in [1.29, 1.82) is 5.26 Å². The van der Waals surface area contributed by atoms with E-state index in [0.29, 0.717) is 24.6 Å². The van der Waals surface area contributed by atoms with Gasteiger partial charge in [0.05, 0.1) is 13.2 Å². The summed E-state index contributed by atoms with van der Waals surface area (Å²) in [6.07, 6.45) is 2.43. The first-order chi connectivity index (χ1) is 11.1. The summed E-state index contributed by atoms with van der Waals surface area (Å²) in [5, 5.41) is 14.7. The molecule has 0 aliphatic rings. The highest BCUT2D eigenvalue weighted by atomic mass is 16.5. The second-order valence-electron chi connectivity index (χ2n) is 5.08. The lowest BCUT2D eigenvalue weighted by atomic mass is 10.2. The van der Waals surface area contributed by atoms with E-state index in [-0.39, 0.29) is 11.7 Å². The van der Waals surface area contributed by atoms with Gasteiger partial charge in [-0.3, -0.25) is 4.79 Å². The smallest absolute Gasteiger partial charge is 0.267 e. The van der Waals surface area contributed by atoms with E-state index in [2.05, 4.69) is 10.6 Å². The van der Waals surface area contributed by atoms with E-state index in [1.54, 1.807) is 31.4 Å². The molecule has 124 valence electrons. The number of nitriles is 1. The Labute approximate surface area is 137 Å². The van der Waals surface area contributed by atoms with Crippen molar-refractivity contribution in [3.8, 4) is 11.8 Å². The van der Waals surface area contributed by atoms with Crippen molar-refractivity contribution in [3.63, 3.8) is 0 Å². The molecule has 1 rings (SSSR count). The molecule has 1 amide bonds. The zero-order valence-electron chi connectivity index (χ0n) is 13.8. The molecule has 0 radical (unpaired) electrons. The number of carbonyl (C=O) groups excluding carboxylic acids is 1. The normalized spacial score (nSPS) is 11.0. The zero-order valence-corrected chi connectivity index (χ0v) is 13.8. The number of ether oxygens (including phenoxy) is 2. The van der Waals surface area contributed by atoms with Crippen LogP contribution in [0.2, 0.25) is 0 Å². The van der Waals surface area contributed by atoms with Crippen LogP contribution in [0.4, 0.5) is 5.69 Å². The molecule has 0 fully saturated rings. The summed E-state index contributed by atoms with van der Waals surface area (Å²) in [5.41, 5.74) is 0.618. The number of hydrogen-bond acceptors (Lipinski definition) is 5. The van der Waals surface area contributed by atoms with Crippen molar-refractivity contribution in [2.45, 2.75) is 26.4 Å². The van der Waals surface area contributed by atoms with Crippen molar-refractivity contribution >= 4 is 11.6 Å². The lowest BCUT2D eigenvalue weighted by Crippen LogP contribution is -2.18. The Bertz CT molecular complexity index is 559. The molecule has 6 heteroatoms. The number of carbonyl (C=O) groups is 1. The lowest BCUT2D eigenvalue weighted by molar-refractivity contribution is -0.112. The van der Waals surface area contributed by atoms with Crippen LogP contribution in [0.3, 0.4) is 0 Å². The third kappa shape index (κ3) is 7.34. The van der Waals surface area contributed by atoms with E-state index in [0.717, 1.165) is 6.42 Å². The van der Waals surface area contributed by atoms with E-state index < -0.39 is 5.91 Å². The third-order valence-corrected chi connectivity index (χ3v) is 2.88. The van der Waals surface area contributed by atoms with Gasteiger partial charge in [-0.1, -0.05) is 0 Å². The lowest BCUT2D eigenvalue weighted by Gasteiger charge is -2.08. The van der Waals surface area contributed by atoms with Gasteiger partial charge in [0.2, 0.25) is 0 Å². The van der Waals surface area contributed by atoms with Gasteiger partial charge in [-0.05, 0) is 44.5 Å². The van der Waals surface area contributed by atoms with Gasteiger partial charge in [0.1, 0.15) is 17.4 Å². The molecule has 23 heavy (non-hydrogen) atoms. The molecule has 1 aromatic carbocycles. The molecule has 1 aromatic rings. The maximum absolute atomic E-state index is 12.0. The Morgan fingerprint density at radius 3 is 2.61 bits per heavy atom. The molecule has 6 nitrogen and oxygen atoms in total. The standard InChI is InChI=1S/C17H23N3O3/c1-13(2)23-10-4-9-19-12-14(11-18)17(21)20-15-5-7-16(22-3)8-6-15/h5-8,12-13,19H,4,9-10H2,1-3H3,(H,20,21)/b14-12-. The fourth-order valence-electron chi connectivity index (χ4n) is 1.69. The molecule has 0 bridgehead atoms. The highest BCUT2D eigenvalue weighted by molar-refractivity contribution is 6.06. The number of hydrogen-bond donors (Lipinski definition) is 2. The quantitative estimate of drug-likeness (QED) is 0.415. The molecular weight excluding hydrogens is 294 g/mol. The van der Waals surface area contributed by atoms with Crippen LogP contribution in [0.5, 0.6) is 5.75 Å². The molecule has 0 atom stereocenters. The van der Waals surface area contributed by atoms with Gasteiger partial charge in [0.25, 0.3) is 5.91 Å². The second-order valence-corrected chi connectivity index (χ2v) is 5.08. The molecule has 0 aliphatic carbocycles. The fraction of sp³-hybridized carbons (Fsp3) is 0.412. The molecule has 0 unspecified atom stereocenters. The largest absolute Gasteiger partial charge is 0.497 e. The fourth-order valence-corrected chi connectivity index (χ4v) is 1.69. The van der Waals surface area contributed by atoms with Crippen LogP contribution < -0.4 is 15.4 Å². The monoisotopic (exact) mass is 317 g/mol. The van der Waals surface area contributed by atoms with Gasteiger partial charge in [0.15, 0.2) is 0 Å². The van der Waals surface area contributed by atoms with E-state index in [9.17, 15) is 4.79 Å². The van der Waals surface area contributed by atoms with E-state index in [4.69, 9.17) is 14.7 Å². The Morgan fingerprint density at radius 1 is 1.35 bits per heavy atom. The average Bonchev–Trinajstić information content (AvgIpc) is 2.54. The van der Waals surface area contributed by atoms with Gasteiger partial charge in [-0.2, -0.15) is 5.26 Å². The second kappa shape index (κ2) is 10.2. The molecule has 0 saturated carbocycles. The van der Waals surface area contributed by atoms with Crippen LogP contribution >= 0.6 is 0 Å². The van der Waals surface area contributed by atoms with Gasteiger partial charge in [-0.25, -0.2) is 0 Å². The molecule has 0 heterocycles. The maximum atomic E-state index is 12.0. The van der Waals surface area contributed by atoms with Crippen molar-refractivity contribution in [2.24, 2.45) is 0 Å². The van der Waals surface area contributed by atoms with Gasteiger partial charge in [-0.15, -0.1) is 0 Å². The predicted octanol–water partition coefficient (Wildman–Crippen LogP) is 2.45. The number of amides is 1. The highest BCUT2D eigenvalue weighted by Gasteiger charge is 2.09. The summed E-state index contributed by atoms with van der Waals surface area (Å²) in [7, 11) is 1.57. The predicted molar refractivity (Wildman–Crippen MR) is 89.0 cm³/mol. The Balaban J connectivity index is 2.44. The molecule has 0 aliphatic heterocycles. The Kier molecular flexibility index (Phi) is 8.25. The van der Waals surface area contributed by atoms with Crippen LogP contribution in [-0.2, 0) is 9.53 Å². The molecule has 0 saturated heterocycles. The number of benzene rings is 1. The van der Waals surface area contributed by atoms with E-state index in [1.165, 1.54) is 6.20 Å². The minimum atomic E-state index is -0.455. The van der Waals surface area contributed by atoms with Crippen LogP contribution in [0, 0.1) is 11.3 Å². The van der Waals surface area contributed by atoms with Crippen molar-refractivity contribution in [1.82, 2.24) is 5.32 Å². The van der Waals surface area contributed by atoms with Crippen molar-refractivity contribution < 1.29 is 14.3 Å².